The van der Waals surface area contributed by atoms with Crippen molar-refractivity contribution in [2.75, 3.05) is 0 Å². The van der Waals surface area contributed by atoms with Crippen molar-refractivity contribution in [1.82, 2.24) is 14.5 Å². The van der Waals surface area contributed by atoms with Crippen LogP contribution in [0.3, 0.4) is 0 Å². The van der Waals surface area contributed by atoms with E-state index in [4.69, 9.17) is 16.3 Å². The van der Waals surface area contributed by atoms with Gasteiger partial charge in [0.05, 0.1) is 22.4 Å². The minimum absolute atomic E-state index is 0.176. The molecule has 130 valence electrons. The van der Waals surface area contributed by atoms with E-state index in [1.165, 1.54) is 0 Å². The predicted octanol–water partition coefficient (Wildman–Crippen LogP) is 5.52. The van der Waals surface area contributed by atoms with Gasteiger partial charge in [0.2, 0.25) is 0 Å². The Balaban J connectivity index is 1.80. The number of para-hydroxylation sites is 2. The van der Waals surface area contributed by atoms with Crippen molar-refractivity contribution in [3.63, 3.8) is 0 Å². The Kier molecular flexibility index (Phi) is 4.35. The Hall–Kier alpha value is -2.85. The van der Waals surface area contributed by atoms with Crippen LogP contribution in [-0.4, -0.2) is 14.5 Å². The SMILES string of the molecule is Cc1nc2cnccc2n1-c1ccccc1C(C)Oc1ccccc1Cl. The molecule has 0 aliphatic heterocycles. The van der Waals surface area contributed by atoms with Crippen molar-refractivity contribution in [2.45, 2.75) is 20.0 Å². The van der Waals surface area contributed by atoms with Gasteiger partial charge in [0.15, 0.2) is 0 Å². The summed E-state index contributed by atoms with van der Waals surface area (Å²) in [6.45, 7) is 4.02. The summed E-state index contributed by atoms with van der Waals surface area (Å²) in [6, 6.07) is 17.7. The quantitative estimate of drug-likeness (QED) is 0.479. The van der Waals surface area contributed by atoms with Crippen molar-refractivity contribution in [1.29, 1.82) is 0 Å². The summed E-state index contributed by atoms with van der Waals surface area (Å²) >= 11 is 6.25. The number of hydrogen-bond acceptors (Lipinski definition) is 3. The summed E-state index contributed by atoms with van der Waals surface area (Å²) in [4.78, 5) is 8.80. The van der Waals surface area contributed by atoms with Gasteiger partial charge in [0.1, 0.15) is 23.2 Å². The second kappa shape index (κ2) is 6.81. The molecule has 0 fully saturated rings. The fourth-order valence-corrected chi connectivity index (χ4v) is 3.37. The first-order chi connectivity index (χ1) is 12.6. The number of ether oxygens (including phenoxy) is 1. The van der Waals surface area contributed by atoms with Gasteiger partial charge in [0.25, 0.3) is 0 Å². The number of pyridine rings is 1. The molecule has 0 aliphatic rings. The smallest absolute Gasteiger partial charge is 0.138 e. The average molecular weight is 364 g/mol. The number of benzene rings is 2. The van der Waals surface area contributed by atoms with E-state index in [1.807, 2.05) is 56.3 Å². The third-order valence-corrected chi connectivity index (χ3v) is 4.69. The molecule has 4 rings (SSSR count). The molecule has 0 saturated carbocycles. The largest absolute Gasteiger partial charge is 0.484 e. The highest BCUT2D eigenvalue weighted by atomic mass is 35.5. The molecule has 0 saturated heterocycles. The molecule has 5 heteroatoms. The fraction of sp³-hybridized carbons (Fsp3) is 0.143. The zero-order chi connectivity index (χ0) is 18.1. The lowest BCUT2D eigenvalue weighted by Crippen LogP contribution is -2.09. The Bertz CT molecular complexity index is 1070. The summed E-state index contributed by atoms with van der Waals surface area (Å²) in [6.07, 6.45) is 3.39. The molecule has 0 bridgehead atoms. The number of hydrogen-bond donors (Lipinski definition) is 0. The number of nitrogens with zero attached hydrogens (tertiary/aromatic N) is 3. The number of rotatable bonds is 4. The molecule has 0 spiro atoms. The Morgan fingerprint density at radius 1 is 1.04 bits per heavy atom. The highest BCUT2D eigenvalue weighted by Gasteiger charge is 2.17. The lowest BCUT2D eigenvalue weighted by atomic mass is 10.1. The zero-order valence-electron chi connectivity index (χ0n) is 14.6. The van der Waals surface area contributed by atoms with Crippen LogP contribution >= 0.6 is 11.6 Å². The second-order valence-electron chi connectivity index (χ2n) is 6.11. The van der Waals surface area contributed by atoms with E-state index in [-0.39, 0.29) is 6.10 Å². The van der Waals surface area contributed by atoms with Crippen LogP contribution in [0.4, 0.5) is 0 Å². The van der Waals surface area contributed by atoms with Gasteiger partial charge in [-0.05, 0) is 38.1 Å². The summed E-state index contributed by atoms with van der Waals surface area (Å²) in [5.41, 5.74) is 4.00. The van der Waals surface area contributed by atoms with E-state index in [0.717, 1.165) is 28.1 Å². The van der Waals surface area contributed by atoms with Crippen molar-refractivity contribution in [2.24, 2.45) is 0 Å². The molecular formula is C21H18ClN3O. The minimum Gasteiger partial charge on any atom is -0.484 e. The molecule has 2 heterocycles. The molecule has 0 radical (unpaired) electrons. The van der Waals surface area contributed by atoms with Crippen LogP contribution in [0.1, 0.15) is 24.4 Å². The molecule has 1 atom stereocenters. The van der Waals surface area contributed by atoms with Crippen LogP contribution in [0.2, 0.25) is 5.02 Å². The van der Waals surface area contributed by atoms with Gasteiger partial charge >= 0.3 is 0 Å². The summed E-state index contributed by atoms with van der Waals surface area (Å²) in [5.74, 6) is 1.58. The Labute approximate surface area is 157 Å². The van der Waals surface area contributed by atoms with Gasteiger partial charge < -0.3 is 4.74 Å². The molecule has 2 aromatic heterocycles. The minimum atomic E-state index is -0.176. The molecule has 2 aromatic carbocycles. The van der Waals surface area contributed by atoms with Crippen LogP contribution < -0.4 is 4.74 Å². The van der Waals surface area contributed by atoms with Crippen molar-refractivity contribution in [3.8, 4) is 11.4 Å². The second-order valence-corrected chi connectivity index (χ2v) is 6.52. The molecule has 0 aliphatic carbocycles. The number of aryl methyl sites for hydroxylation is 1. The molecular weight excluding hydrogens is 346 g/mol. The normalized spacial score (nSPS) is 12.3. The van der Waals surface area contributed by atoms with Crippen LogP contribution in [0.5, 0.6) is 5.75 Å². The van der Waals surface area contributed by atoms with Crippen LogP contribution in [0.15, 0.2) is 67.0 Å². The Morgan fingerprint density at radius 3 is 2.65 bits per heavy atom. The highest BCUT2D eigenvalue weighted by molar-refractivity contribution is 6.32. The van der Waals surface area contributed by atoms with Crippen molar-refractivity contribution < 1.29 is 4.74 Å². The Morgan fingerprint density at radius 2 is 1.81 bits per heavy atom. The molecule has 0 N–H and O–H groups in total. The van der Waals surface area contributed by atoms with E-state index in [9.17, 15) is 0 Å². The van der Waals surface area contributed by atoms with Gasteiger partial charge in [-0.15, -0.1) is 0 Å². The molecule has 1 unspecified atom stereocenters. The standard InChI is InChI=1S/C21H18ClN3O/c1-14(26-21-10-6-4-8-17(21)22)16-7-3-5-9-19(16)25-15(2)24-18-13-23-12-11-20(18)25/h3-14H,1-2H3. The molecule has 4 aromatic rings. The van der Waals surface area contributed by atoms with Gasteiger partial charge in [0, 0.05) is 11.8 Å². The van der Waals surface area contributed by atoms with E-state index >= 15 is 0 Å². The summed E-state index contributed by atoms with van der Waals surface area (Å²) in [7, 11) is 0. The van der Waals surface area contributed by atoms with Crippen LogP contribution in [0.25, 0.3) is 16.7 Å². The maximum Gasteiger partial charge on any atom is 0.138 e. The first-order valence-corrected chi connectivity index (χ1v) is 8.82. The van der Waals surface area contributed by atoms with E-state index in [2.05, 4.69) is 26.7 Å². The number of aromatic nitrogens is 3. The molecule has 0 amide bonds. The monoisotopic (exact) mass is 363 g/mol. The van der Waals surface area contributed by atoms with Crippen molar-refractivity contribution in [3.05, 3.63) is 83.4 Å². The lowest BCUT2D eigenvalue weighted by molar-refractivity contribution is 0.227. The van der Waals surface area contributed by atoms with Gasteiger partial charge in [-0.25, -0.2) is 4.98 Å². The van der Waals surface area contributed by atoms with Crippen LogP contribution in [0, 0.1) is 6.92 Å². The highest BCUT2D eigenvalue weighted by Crippen LogP contribution is 2.32. The third-order valence-electron chi connectivity index (χ3n) is 4.38. The first-order valence-electron chi connectivity index (χ1n) is 8.44. The molecule has 26 heavy (non-hydrogen) atoms. The fourth-order valence-electron chi connectivity index (χ4n) is 3.19. The van der Waals surface area contributed by atoms with Crippen LogP contribution in [-0.2, 0) is 0 Å². The lowest BCUT2D eigenvalue weighted by Gasteiger charge is -2.20. The van der Waals surface area contributed by atoms with Gasteiger partial charge in [-0.2, -0.15) is 0 Å². The number of fused-ring (bicyclic) bond motifs is 1. The maximum atomic E-state index is 6.25. The molecule has 4 nitrogen and oxygen atoms in total. The number of halogens is 1. The van der Waals surface area contributed by atoms with E-state index < -0.39 is 0 Å². The van der Waals surface area contributed by atoms with Crippen molar-refractivity contribution >= 4 is 22.6 Å². The van der Waals surface area contributed by atoms with Gasteiger partial charge in [-0.1, -0.05) is 41.9 Å². The maximum absolute atomic E-state index is 6.25. The summed E-state index contributed by atoms with van der Waals surface area (Å²) in [5, 5.41) is 0.604. The van der Waals surface area contributed by atoms with Gasteiger partial charge in [-0.3, -0.25) is 9.55 Å². The summed E-state index contributed by atoms with van der Waals surface area (Å²) < 4.78 is 8.28. The number of imidazole rings is 1. The zero-order valence-corrected chi connectivity index (χ0v) is 15.3. The topological polar surface area (TPSA) is 39.9 Å². The van der Waals surface area contributed by atoms with E-state index in [0.29, 0.717) is 10.8 Å². The van der Waals surface area contributed by atoms with E-state index in [1.54, 1.807) is 12.4 Å². The third kappa shape index (κ3) is 2.93. The predicted molar refractivity (Wildman–Crippen MR) is 104 cm³/mol. The average Bonchev–Trinajstić information content (AvgIpc) is 2.99. The first kappa shape index (κ1) is 16.6.